The van der Waals surface area contributed by atoms with Crippen molar-refractivity contribution in [1.29, 1.82) is 0 Å². The molecule has 358 valence electrons. The summed E-state index contributed by atoms with van der Waals surface area (Å²) in [6, 6.07) is 33.8. The van der Waals surface area contributed by atoms with E-state index in [0.717, 1.165) is 67.4 Å². The summed E-state index contributed by atoms with van der Waals surface area (Å²) >= 11 is 23.7. The van der Waals surface area contributed by atoms with Gasteiger partial charge in [-0.05, 0) is 208 Å². The van der Waals surface area contributed by atoms with Gasteiger partial charge in [0.25, 0.3) is 0 Å². The zero-order valence-corrected chi connectivity index (χ0v) is 44.1. The van der Waals surface area contributed by atoms with Crippen LogP contribution in [0.4, 0.5) is 0 Å². The van der Waals surface area contributed by atoms with Gasteiger partial charge in [-0.3, -0.25) is 0 Å². The van der Waals surface area contributed by atoms with E-state index in [-0.39, 0.29) is 0 Å². The molecule has 65 heavy (non-hydrogen) atoms. The number of hydrogen-bond acceptors (Lipinski definition) is 0. The van der Waals surface area contributed by atoms with Crippen LogP contribution in [0.15, 0.2) is 97.1 Å². The third kappa shape index (κ3) is 19.9. The van der Waals surface area contributed by atoms with Crippen molar-refractivity contribution in [3.8, 4) is 0 Å². The van der Waals surface area contributed by atoms with Gasteiger partial charge >= 0.3 is 0 Å². The van der Waals surface area contributed by atoms with E-state index in [1.807, 2.05) is 48.5 Å². The minimum atomic E-state index is 0.781. The molecule has 0 atom stereocenters. The Morgan fingerprint density at radius 1 is 0.308 bits per heavy atom. The van der Waals surface area contributed by atoms with E-state index in [1.165, 1.54) is 183 Å². The second-order valence-electron chi connectivity index (χ2n) is 20.7. The number of hydrogen-bond donors (Lipinski definition) is 0. The lowest BCUT2D eigenvalue weighted by Gasteiger charge is -2.28. The highest BCUT2D eigenvalue weighted by Gasteiger charge is 2.24. The molecule has 0 radical (unpaired) electrons. The van der Waals surface area contributed by atoms with Crippen molar-refractivity contribution >= 4 is 46.4 Å². The minimum Gasteiger partial charge on any atom is -0.0843 e. The summed E-state index contributed by atoms with van der Waals surface area (Å²) in [5.74, 6) is 7.05. The van der Waals surface area contributed by atoms with Gasteiger partial charge in [0.2, 0.25) is 0 Å². The molecule has 0 N–H and O–H groups in total. The van der Waals surface area contributed by atoms with Crippen LogP contribution in [0.5, 0.6) is 0 Å². The Bertz CT molecular complexity index is 1780. The van der Waals surface area contributed by atoms with Crippen LogP contribution in [0.25, 0.3) is 0 Å². The fourth-order valence-electron chi connectivity index (χ4n) is 11.5. The van der Waals surface area contributed by atoms with Crippen molar-refractivity contribution in [1.82, 2.24) is 0 Å². The summed E-state index contributed by atoms with van der Waals surface area (Å²) in [7, 11) is 0. The van der Waals surface area contributed by atoms with Gasteiger partial charge in [0.05, 0.1) is 0 Å². The quantitative estimate of drug-likeness (QED) is 0.117. The van der Waals surface area contributed by atoms with Gasteiger partial charge < -0.3 is 0 Å². The van der Waals surface area contributed by atoms with Crippen LogP contribution in [0, 0.1) is 23.7 Å². The molecule has 0 spiro atoms. The van der Waals surface area contributed by atoms with Gasteiger partial charge in [0.15, 0.2) is 0 Å². The molecule has 4 heteroatoms. The van der Waals surface area contributed by atoms with Gasteiger partial charge in [-0.15, -0.1) is 0 Å². The molecule has 0 aromatic heterocycles. The van der Waals surface area contributed by atoms with E-state index in [1.54, 1.807) is 0 Å². The summed E-state index contributed by atoms with van der Waals surface area (Å²) in [6.45, 7) is 9.24. The van der Waals surface area contributed by atoms with Gasteiger partial charge in [-0.2, -0.15) is 0 Å². The molecule has 4 aliphatic rings. The molecule has 0 unspecified atom stereocenters. The first-order chi connectivity index (χ1) is 31.6. The van der Waals surface area contributed by atoms with Crippen molar-refractivity contribution in [2.75, 3.05) is 0 Å². The van der Waals surface area contributed by atoms with Crippen LogP contribution in [0.1, 0.15) is 234 Å². The summed E-state index contributed by atoms with van der Waals surface area (Å²) in [4.78, 5) is 0. The highest BCUT2D eigenvalue weighted by atomic mass is 35.5. The van der Waals surface area contributed by atoms with Crippen molar-refractivity contribution < 1.29 is 0 Å². The molecule has 0 bridgehead atoms. The third-order valence-corrected chi connectivity index (χ3v) is 16.8. The van der Waals surface area contributed by atoms with Crippen LogP contribution in [-0.2, 0) is 0 Å². The topological polar surface area (TPSA) is 0 Å². The molecular weight excluding hydrogens is 874 g/mol. The molecule has 4 aromatic carbocycles. The molecular formula is C61H86Cl4. The van der Waals surface area contributed by atoms with Crippen LogP contribution < -0.4 is 0 Å². The lowest BCUT2D eigenvalue weighted by molar-refractivity contribution is 0.303. The van der Waals surface area contributed by atoms with E-state index < -0.39 is 0 Å². The fourth-order valence-corrected chi connectivity index (χ4v) is 12.0. The van der Waals surface area contributed by atoms with Crippen molar-refractivity contribution in [2.45, 2.75) is 212 Å². The highest BCUT2D eigenvalue weighted by molar-refractivity contribution is 6.31. The van der Waals surface area contributed by atoms with Gasteiger partial charge in [0.1, 0.15) is 0 Å². The van der Waals surface area contributed by atoms with Crippen LogP contribution in [0.3, 0.4) is 0 Å². The number of unbranched alkanes of at least 4 members (excludes halogenated alkanes) is 3. The average Bonchev–Trinajstić information content (AvgIpc) is 3.34. The molecule has 8 rings (SSSR count). The zero-order chi connectivity index (χ0) is 46.2. The largest absolute Gasteiger partial charge is 0.0843 e. The Morgan fingerprint density at radius 3 is 0.846 bits per heavy atom. The molecule has 0 nitrogen and oxygen atoms in total. The zero-order valence-electron chi connectivity index (χ0n) is 41.0. The Hall–Kier alpha value is -1.96. The number of benzene rings is 4. The smallest absolute Gasteiger partial charge is 0.0406 e. The Labute approximate surface area is 418 Å². The van der Waals surface area contributed by atoms with E-state index in [4.69, 9.17) is 46.4 Å². The molecule has 4 aliphatic carbocycles. The summed E-state index contributed by atoms with van der Waals surface area (Å²) in [5, 5.41) is 3.40. The maximum absolute atomic E-state index is 5.94. The molecule has 0 aliphatic heterocycles. The summed E-state index contributed by atoms with van der Waals surface area (Å²) in [6.07, 6.45) is 34.9. The molecule has 0 amide bonds. The predicted octanol–water partition coefficient (Wildman–Crippen LogP) is 22.0. The molecule has 4 fully saturated rings. The Morgan fingerprint density at radius 2 is 0.569 bits per heavy atom. The highest BCUT2D eigenvalue weighted by Crippen LogP contribution is 2.41. The van der Waals surface area contributed by atoms with Gasteiger partial charge in [0, 0.05) is 20.1 Å². The first kappa shape index (κ1) is 54.0. The van der Waals surface area contributed by atoms with Crippen molar-refractivity contribution in [2.24, 2.45) is 23.7 Å². The lowest BCUT2D eigenvalue weighted by atomic mass is 9.77. The monoisotopic (exact) mass is 959 g/mol. The molecule has 0 heterocycles. The molecule has 0 saturated heterocycles. The predicted molar refractivity (Wildman–Crippen MR) is 289 cm³/mol. The second kappa shape index (κ2) is 30.5. The first-order valence-electron chi connectivity index (χ1n) is 26.7. The van der Waals surface area contributed by atoms with Crippen molar-refractivity contribution in [3.05, 3.63) is 139 Å². The standard InChI is InChI=1S/C17H25Cl.C16H23Cl.C15H21Cl.C13H17Cl/c1-2-3-4-5-14-6-8-15(9-7-14)16-10-12-17(18)13-11-16;1-2-3-4-13-5-7-14(8-6-13)15-9-11-16(17)12-10-15;1-2-3-12-4-6-13(7-5-12)14-8-10-15(16)11-9-14;1-10-2-4-11(5-3-10)12-6-8-13(14)9-7-12/h10-15H,2-9H2,1H3;9-14H,2-8H2,1H3;8-13H,2-7H2,1H3;6-11H,2-5H2,1H3. The average molecular weight is 961 g/mol. The van der Waals surface area contributed by atoms with Crippen LogP contribution >= 0.6 is 46.4 Å². The van der Waals surface area contributed by atoms with Crippen LogP contribution in [0.2, 0.25) is 20.1 Å². The van der Waals surface area contributed by atoms with Gasteiger partial charge in [-0.1, -0.05) is 193 Å². The lowest BCUT2D eigenvalue weighted by Crippen LogP contribution is -2.13. The molecule has 4 saturated carbocycles. The summed E-state index contributed by atoms with van der Waals surface area (Å²) < 4.78 is 0. The Balaban J connectivity index is 0.000000163. The summed E-state index contributed by atoms with van der Waals surface area (Å²) in [5.41, 5.74) is 5.94. The van der Waals surface area contributed by atoms with Gasteiger partial charge in [-0.25, -0.2) is 0 Å². The maximum Gasteiger partial charge on any atom is 0.0406 e. The Kier molecular flexibility index (Phi) is 25.3. The van der Waals surface area contributed by atoms with Crippen molar-refractivity contribution in [3.63, 3.8) is 0 Å². The SMILES string of the molecule is CC1CCC(c2ccc(Cl)cc2)CC1.CCCC1CCC(c2ccc(Cl)cc2)CC1.CCCCC1CCC(c2ccc(Cl)cc2)CC1.CCCCCC1CCC(c2ccc(Cl)cc2)CC1. The number of halogens is 4. The van der Waals surface area contributed by atoms with E-state index in [9.17, 15) is 0 Å². The minimum absolute atomic E-state index is 0.781. The van der Waals surface area contributed by atoms with E-state index in [0.29, 0.717) is 0 Å². The maximum atomic E-state index is 5.94. The third-order valence-electron chi connectivity index (χ3n) is 15.8. The fraction of sp³-hybridized carbons (Fsp3) is 0.607. The molecule has 4 aromatic rings. The first-order valence-corrected chi connectivity index (χ1v) is 28.2. The number of rotatable bonds is 13. The second-order valence-corrected chi connectivity index (χ2v) is 22.5. The normalized spacial score (nSPS) is 25.4. The van der Waals surface area contributed by atoms with Crippen LogP contribution in [-0.4, -0.2) is 0 Å². The van der Waals surface area contributed by atoms with E-state index in [2.05, 4.69) is 76.2 Å². The van der Waals surface area contributed by atoms with E-state index >= 15 is 0 Å².